The van der Waals surface area contributed by atoms with Gasteiger partial charge < -0.3 is 15.4 Å². The van der Waals surface area contributed by atoms with Crippen LogP contribution in [0.1, 0.15) is 18.2 Å². The summed E-state index contributed by atoms with van der Waals surface area (Å²) in [6.45, 7) is 2.35. The molecule has 0 aliphatic carbocycles. The molecule has 0 saturated carbocycles. The number of para-hydroxylation sites is 1. The van der Waals surface area contributed by atoms with Crippen molar-refractivity contribution >= 4 is 11.9 Å². The summed E-state index contributed by atoms with van der Waals surface area (Å²) in [5, 5.41) is 0. The molecule has 1 unspecified atom stereocenters. The Balaban J connectivity index is 1.69. The molecule has 1 aliphatic heterocycles. The third-order valence-electron chi connectivity index (χ3n) is 3.47. The first-order valence-electron chi connectivity index (χ1n) is 6.85. The second-order valence-corrected chi connectivity index (χ2v) is 5.08. The maximum absolute atomic E-state index is 13.6. The summed E-state index contributed by atoms with van der Waals surface area (Å²) in [5.41, 5.74) is 7.14. The summed E-state index contributed by atoms with van der Waals surface area (Å²) in [6.07, 6.45) is 0.823. The number of hydrogen-bond acceptors (Lipinski definition) is 5. The molecule has 1 aromatic heterocycles. The zero-order chi connectivity index (χ0) is 15.7. The number of nitrogen functional groups attached to an aromatic ring is 1. The predicted molar refractivity (Wildman–Crippen MR) is 77.2 cm³/mol. The van der Waals surface area contributed by atoms with Gasteiger partial charge in [0.1, 0.15) is 0 Å². The van der Waals surface area contributed by atoms with Gasteiger partial charge in [0.2, 0.25) is 5.95 Å². The van der Waals surface area contributed by atoms with Gasteiger partial charge in [-0.15, -0.1) is 0 Å². The van der Waals surface area contributed by atoms with Gasteiger partial charge >= 0.3 is 0 Å². The second kappa shape index (κ2) is 5.59. The standard InChI is InChI=1S/C15H15FN4O2/c1-9(22-13-5-3-2-4-11(13)16)14(21)20-7-10-6-18-15(17)19-12(10)8-20/h2-6,9H,7-8H2,1H3,(H2,17,18,19). The van der Waals surface area contributed by atoms with Gasteiger partial charge in [-0.2, -0.15) is 0 Å². The third-order valence-corrected chi connectivity index (χ3v) is 3.47. The van der Waals surface area contributed by atoms with Crippen molar-refractivity contribution in [3.05, 3.63) is 47.5 Å². The van der Waals surface area contributed by atoms with E-state index in [-0.39, 0.29) is 17.6 Å². The van der Waals surface area contributed by atoms with Crippen LogP contribution in [0.3, 0.4) is 0 Å². The molecule has 1 atom stereocenters. The summed E-state index contributed by atoms with van der Waals surface area (Å²) in [4.78, 5) is 22.0. The van der Waals surface area contributed by atoms with Gasteiger partial charge in [0, 0.05) is 18.3 Å². The zero-order valence-electron chi connectivity index (χ0n) is 12.0. The van der Waals surface area contributed by atoms with Gasteiger partial charge in [0.05, 0.1) is 12.2 Å². The molecule has 0 radical (unpaired) electrons. The van der Waals surface area contributed by atoms with Crippen LogP contribution in [0, 0.1) is 5.82 Å². The number of carbonyl (C=O) groups excluding carboxylic acids is 1. The van der Waals surface area contributed by atoms with Gasteiger partial charge in [0.15, 0.2) is 17.7 Å². The molecule has 0 fully saturated rings. The van der Waals surface area contributed by atoms with Crippen molar-refractivity contribution in [2.24, 2.45) is 0 Å². The monoisotopic (exact) mass is 302 g/mol. The molecule has 1 aliphatic rings. The number of fused-ring (bicyclic) bond motifs is 1. The fourth-order valence-electron chi connectivity index (χ4n) is 2.36. The highest BCUT2D eigenvalue weighted by molar-refractivity contribution is 5.81. The lowest BCUT2D eigenvalue weighted by atomic mass is 10.3. The molecule has 2 N–H and O–H groups in total. The summed E-state index contributed by atoms with van der Waals surface area (Å²) >= 11 is 0. The average Bonchev–Trinajstić information content (AvgIpc) is 2.91. The molecule has 0 bridgehead atoms. The number of benzene rings is 1. The highest BCUT2D eigenvalue weighted by atomic mass is 19.1. The van der Waals surface area contributed by atoms with E-state index >= 15 is 0 Å². The van der Waals surface area contributed by atoms with E-state index in [1.807, 2.05) is 0 Å². The summed E-state index contributed by atoms with van der Waals surface area (Å²) in [6, 6.07) is 6.00. The number of anilines is 1. The number of rotatable bonds is 3. The van der Waals surface area contributed by atoms with E-state index < -0.39 is 11.9 Å². The van der Waals surface area contributed by atoms with Gasteiger partial charge in [0.25, 0.3) is 5.91 Å². The number of hydrogen-bond donors (Lipinski definition) is 1. The molecule has 0 saturated heterocycles. The minimum atomic E-state index is -0.795. The summed E-state index contributed by atoms with van der Waals surface area (Å²) < 4.78 is 19.0. The largest absolute Gasteiger partial charge is 0.478 e. The number of nitrogens with zero attached hydrogens (tertiary/aromatic N) is 3. The maximum atomic E-state index is 13.6. The highest BCUT2D eigenvalue weighted by Crippen LogP contribution is 2.23. The number of carbonyl (C=O) groups is 1. The van der Waals surface area contributed by atoms with Crippen LogP contribution in [0.4, 0.5) is 10.3 Å². The Kier molecular flexibility index (Phi) is 3.62. The molecule has 0 spiro atoms. The van der Waals surface area contributed by atoms with E-state index in [0.717, 1.165) is 11.3 Å². The Bertz CT molecular complexity index is 722. The average molecular weight is 302 g/mol. The smallest absolute Gasteiger partial charge is 0.264 e. The Morgan fingerprint density at radius 3 is 2.95 bits per heavy atom. The SMILES string of the molecule is CC(Oc1ccccc1F)C(=O)N1Cc2cnc(N)nc2C1. The third kappa shape index (κ3) is 2.69. The Hall–Kier alpha value is -2.70. The number of amides is 1. The molecule has 2 heterocycles. The van der Waals surface area contributed by atoms with Crippen molar-refractivity contribution in [1.29, 1.82) is 0 Å². The van der Waals surface area contributed by atoms with Crippen LogP contribution in [0.25, 0.3) is 0 Å². The van der Waals surface area contributed by atoms with Crippen LogP contribution in [0.15, 0.2) is 30.5 Å². The molecule has 1 amide bonds. The van der Waals surface area contributed by atoms with E-state index in [1.54, 1.807) is 30.2 Å². The predicted octanol–water partition coefficient (Wildman–Crippen LogP) is 1.51. The number of aromatic nitrogens is 2. The Morgan fingerprint density at radius 1 is 1.41 bits per heavy atom. The summed E-state index contributed by atoms with van der Waals surface area (Å²) in [7, 11) is 0. The van der Waals surface area contributed by atoms with Gasteiger partial charge in [-0.25, -0.2) is 14.4 Å². The maximum Gasteiger partial charge on any atom is 0.264 e. The van der Waals surface area contributed by atoms with Crippen molar-refractivity contribution in [1.82, 2.24) is 14.9 Å². The van der Waals surface area contributed by atoms with Crippen LogP contribution >= 0.6 is 0 Å². The topological polar surface area (TPSA) is 81.3 Å². The summed E-state index contributed by atoms with van der Waals surface area (Å²) in [5.74, 6) is -0.488. The Labute approximate surface area is 126 Å². The normalized spacial score (nSPS) is 14.5. The lowest BCUT2D eigenvalue weighted by Crippen LogP contribution is -2.37. The minimum absolute atomic E-state index is 0.0593. The first-order chi connectivity index (χ1) is 10.5. The van der Waals surface area contributed by atoms with Crippen LogP contribution in [-0.4, -0.2) is 26.9 Å². The first kappa shape index (κ1) is 14.2. The van der Waals surface area contributed by atoms with E-state index in [4.69, 9.17) is 10.5 Å². The van der Waals surface area contributed by atoms with Gasteiger partial charge in [-0.1, -0.05) is 12.1 Å². The van der Waals surface area contributed by atoms with Gasteiger partial charge in [-0.3, -0.25) is 4.79 Å². The fraction of sp³-hybridized carbons (Fsp3) is 0.267. The van der Waals surface area contributed by atoms with Crippen LogP contribution in [-0.2, 0) is 17.9 Å². The molecule has 3 rings (SSSR count). The van der Waals surface area contributed by atoms with Crippen molar-refractivity contribution in [3.63, 3.8) is 0 Å². The van der Waals surface area contributed by atoms with E-state index in [1.165, 1.54) is 12.1 Å². The van der Waals surface area contributed by atoms with Crippen LogP contribution < -0.4 is 10.5 Å². The van der Waals surface area contributed by atoms with Crippen molar-refractivity contribution in [2.75, 3.05) is 5.73 Å². The van der Waals surface area contributed by atoms with E-state index in [9.17, 15) is 9.18 Å². The molecule has 2 aromatic rings. The molecule has 6 nitrogen and oxygen atoms in total. The zero-order valence-corrected chi connectivity index (χ0v) is 12.0. The van der Waals surface area contributed by atoms with Crippen molar-refractivity contribution in [3.8, 4) is 5.75 Å². The molecular weight excluding hydrogens is 287 g/mol. The van der Waals surface area contributed by atoms with E-state index in [2.05, 4.69) is 9.97 Å². The fourth-order valence-corrected chi connectivity index (χ4v) is 2.36. The molecular formula is C15H15FN4O2. The molecule has 114 valence electrons. The highest BCUT2D eigenvalue weighted by Gasteiger charge is 2.29. The first-order valence-corrected chi connectivity index (χ1v) is 6.85. The van der Waals surface area contributed by atoms with Crippen LogP contribution in [0.5, 0.6) is 5.75 Å². The lowest BCUT2D eigenvalue weighted by Gasteiger charge is -2.21. The second-order valence-electron chi connectivity index (χ2n) is 5.08. The number of ether oxygens (including phenoxy) is 1. The quantitative estimate of drug-likeness (QED) is 0.929. The van der Waals surface area contributed by atoms with E-state index in [0.29, 0.717) is 13.1 Å². The minimum Gasteiger partial charge on any atom is -0.478 e. The Morgan fingerprint density at radius 2 is 2.18 bits per heavy atom. The lowest BCUT2D eigenvalue weighted by molar-refractivity contribution is -0.138. The molecule has 22 heavy (non-hydrogen) atoms. The van der Waals surface area contributed by atoms with Crippen molar-refractivity contribution < 1.29 is 13.9 Å². The van der Waals surface area contributed by atoms with Crippen molar-refractivity contribution in [2.45, 2.75) is 26.1 Å². The molecule has 7 heteroatoms. The molecule has 1 aromatic carbocycles. The number of halogens is 1. The number of nitrogens with two attached hydrogens (primary N) is 1. The van der Waals surface area contributed by atoms with Crippen LogP contribution in [0.2, 0.25) is 0 Å². The van der Waals surface area contributed by atoms with Gasteiger partial charge in [-0.05, 0) is 19.1 Å².